The van der Waals surface area contributed by atoms with Gasteiger partial charge >= 0.3 is 0 Å². The highest BCUT2D eigenvalue weighted by atomic mass is 19.1. The molecule has 0 unspecified atom stereocenters. The number of ether oxygens (including phenoxy) is 1. The number of nitrogens with one attached hydrogen (secondary N) is 1. The van der Waals surface area contributed by atoms with Crippen molar-refractivity contribution in [3.63, 3.8) is 0 Å². The summed E-state index contributed by atoms with van der Waals surface area (Å²) in [6.07, 6.45) is 0. The summed E-state index contributed by atoms with van der Waals surface area (Å²) in [5.41, 5.74) is 0.438. The van der Waals surface area contributed by atoms with Crippen LogP contribution in [0.25, 0.3) is 0 Å². The number of halogens is 2. The Hall–Kier alpha value is -2.43. The summed E-state index contributed by atoms with van der Waals surface area (Å²) in [5, 5.41) is 2.38. The lowest BCUT2D eigenvalue weighted by atomic mass is 10.1. The molecule has 0 aromatic heterocycles. The Balaban J connectivity index is 2.29. The second kappa shape index (κ2) is 5.69. The molecule has 0 bridgehead atoms. The summed E-state index contributed by atoms with van der Waals surface area (Å²) in [6, 6.07) is 8.28. The molecule has 0 radical (unpaired) electrons. The van der Waals surface area contributed by atoms with Crippen molar-refractivity contribution in [2.45, 2.75) is 6.92 Å². The Morgan fingerprint density at radius 3 is 2.50 bits per heavy atom. The quantitative estimate of drug-likeness (QED) is 0.932. The highest BCUT2D eigenvalue weighted by molar-refractivity contribution is 6.05. The SMILES string of the molecule is COc1ccc(C(=O)Nc2c(C)cccc2F)c(F)c1. The van der Waals surface area contributed by atoms with Crippen LogP contribution in [-0.4, -0.2) is 13.0 Å². The summed E-state index contributed by atoms with van der Waals surface area (Å²) < 4.78 is 32.2. The summed E-state index contributed by atoms with van der Waals surface area (Å²) >= 11 is 0. The van der Waals surface area contributed by atoms with Crippen LogP contribution in [-0.2, 0) is 0 Å². The first kappa shape index (κ1) is 14.0. The van der Waals surface area contributed by atoms with Gasteiger partial charge in [-0.15, -0.1) is 0 Å². The van der Waals surface area contributed by atoms with Crippen molar-refractivity contribution >= 4 is 11.6 Å². The number of anilines is 1. The Bertz CT molecular complexity index is 636. The fourth-order valence-corrected chi connectivity index (χ4v) is 1.78. The molecule has 104 valence electrons. The van der Waals surface area contributed by atoms with Crippen LogP contribution in [0.15, 0.2) is 36.4 Å². The van der Waals surface area contributed by atoms with Gasteiger partial charge in [0.2, 0.25) is 0 Å². The van der Waals surface area contributed by atoms with Crippen molar-refractivity contribution in [3.8, 4) is 5.75 Å². The molecule has 0 saturated heterocycles. The van der Waals surface area contributed by atoms with E-state index in [1.807, 2.05) is 0 Å². The van der Waals surface area contributed by atoms with Gasteiger partial charge in [0.15, 0.2) is 0 Å². The van der Waals surface area contributed by atoms with Gasteiger partial charge in [-0.25, -0.2) is 8.78 Å². The normalized spacial score (nSPS) is 10.2. The summed E-state index contributed by atoms with van der Waals surface area (Å²) in [4.78, 5) is 12.0. The topological polar surface area (TPSA) is 38.3 Å². The standard InChI is InChI=1S/C15H13F2NO2/c1-9-4-3-5-12(16)14(9)18-15(19)11-7-6-10(20-2)8-13(11)17/h3-8H,1-2H3,(H,18,19). The molecule has 20 heavy (non-hydrogen) atoms. The Morgan fingerprint density at radius 2 is 1.90 bits per heavy atom. The van der Waals surface area contributed by atoms with E-state index in [2.05, 4.69) is 5.32 Å². The predicted molar refractivity (Wildman–Crippen MR) is 72.0 cm³/mol. The molecule has 2 aromatic carbocycles. The van der Waals surface area contributed by atoms with E-state index in [4.69, 9.17) is 4.74 Å². The molecule has 0 aliphatic rings. The zero-order chi connectivity index (χ0) is 14.7. The van der Waals surface area contributed by atoms with E-state index in [1.165, 1.54) is 31.4 Å². The van der Waals surface area contributed by atoms with E-state index in [0.29, 0.717) is 11.3 Å². The van der Waals surface area contributed by atoms with Crippen molar-refractivity contribution in [2.24, 2.45) is 0 Å². The molecule has 0 spiro atoms. The zero-order valence-electron chi connectivity index (χ0n) is 11.0. The Labute approximate surface area is 115 Å². The summed E-state index contributed by atoms with van der Waals surface area (Å²) in [6.45, 7) is 1.66. The van der Waals surface area contributed by atoms with E-state index >= 15 is 0 Å². The second-order valence-electron chi connectivity index (χ2n) is 4.23. The third-order valence-electron chi connectivity index (χ3n) is 2.88. The molecule has 3 nitrogen and oxygen atoms in total. The largest absolute Gasteiger partial charge is 0.497 e. The minimum absolute atomic E-state index is 0.0488. The Morgan fingerprint density at radius 1 is 1.15 bits per heavy atom. The van der Waals surface area contributed by atoms with E-state index in [1.54, 1.807) is 13.0 Å². The number of carbonyl (C=O) groups excluding carboxylic acids is 1. The highest BCUT2D eigenvalue weighted by Gasteiger charge is 2.15. The van der Waals surface area contributed by atoms with Crippen LogP contribution in [0, 0.1) is 18.6 Å². The van der Waals surface area contributed by atoms with Gasteiger partial charge < -0.3 is 10.1 Å². The molecule has 2 rings (SSSR count). The fraction of sp³-hybridized carbons (Fsp3) is 0.133. The first-order chi connectivity index (χ1) is 9.52. The van der Waals surface area contributed by atoms with Gasteiger partial charge in [-0.3, -0.25) is 4.79 Å². The van der Waals surface area contributed by atoms with Gasteiger partial charge in [0.25, 0.3) is 5.91 Å². The number of carbonyl (C=O) groups is 1. The van der Waals surface area contributed by atoms with Gasteiger partial charge in [-0.1, -0.05) is 12.1 Å². The fourth-order valence-electron chi connectivity index (χ4n) is 1.78. The molecular weight excluding hydrogens is 264 g/mol. The van der Waals surface area contributed by atoms with E-state index in [9.17, 15) is 13.6 Å². The molecule has 0 saturated carbocycles. The molecule has 2 aromatic rings. The lowest BCUT2D eigenvalue weighted by Gasteiger charge is -2.10. The molecular formula is C15H13F2NO2. The molecule has 5 heteroatoms. The van der Waals surface area contributed by atoms with Gasteiger partial charge in [-0.2, -0.15) is 0 Å². The third-order valence-corrected chi connectivity index (χ3v) is 2.88. The van der Waals surface area contributed by atoms with Gasteiger partial charge in [0, 0.05) is 6.07 Å². The van der Waals surface area contributed by atoms with Crippen LogP contribution in [0.3, 0.4) is 0 Å². The maximum atomic E-state index is 13.8. The van der Waals surface area contributed by atoms with E-state index < -0.39 is 17.5 Å². The first-order valence-corrected chi connectivity index (χ1v) is 5.93. The maximum Gasteiger partial charge on any atom is 0.258 e. The molecule has 0 aliphatic carbocycles. The average molecular weight is 277 g/mol. The second-order valence-corrected chi connectivity index (χ2v) is 4.23. The number of methoxy groups -OCH3 is 1. The highest BCUT2D eigenvalue weighted by Crippen LogP contribution is 2.21. The van der Waals surface area contributed by atoms with Crippen molar-refractivity contribution < 1.29 is 18.3 Å². The first-order valence-electron chi connectivity index (χ1n) is 5.93. The van der Waals surface area contributed by atoms with E-state index in [-0.39, 0.29) is 11.3 Å². The van der Waals surface area contributed by atoms with Crippen molar-refractivity contribution in [3.05, 3.63) is 59.2 Å². The molecule has 1 N–H and O–H groups in total. The van der Waals surface area contributed by atoms with Gasteiger partial charge in [0.1, 0.15) is 17.4 Å². The summed E-state index contributed by atoms with van der Waals surface area (Å²) in [5.74, 6) is -1.69. The maximum absolute atomic E-state index is 13.8. The number of aryl methyl sites for hydroxylation is 1. The molecule has 1 amide bonds. The number of benzene rings is 2. The number of rotatable bonds is 3. The van der Waals surface area contributed by atoms with Gasteiger partial charge in [0.05, 0.1) is 18.4 Å². The van der Waals surface area contributed by atoms with Crippen molar-refractivity contribution in [1.82, 2.24) is 0 Å². The number of hydrogen-bond donors (Lipinski definition) is 1. The lowest BCUT2D eigenvalue weighted by molar-refractivity contribution is 0.102. The predicted octanol–water partition coefficient (Wildman–Crippen LogP) is 3.53. The van der Waals surface area contributed by atoms with Crippen molar-refractivity contribution in [2.75, 3.05) is 12.4 Å². The van der Waals surface area contributed by atoms with Gasteiger partial charge in [-0.05, 0) is 30.7 Å². The van der Waals surface area contributed by atoms with Crippen LogP contribution < -0.4 is 10.1 Å². The van der Waals surface area contributed by atoms with Crippen LogP contribution >= 0.6 is 0 Å². The van der Waals surface area contributed by atoms with Crippen LogP contribution in [0.4, 0.5) is 14.5 Å². The summed E-state index contributed by atoms with van der Waals surface area (Å²) in [7, 11) is 1.40. The van der Waals surface area contributed by atoms with Crippen molar-refractivity contribution in [1.29, 1.82) is 0 Å². The number of amides is 1. The molecule has 0 fully saturated rings. The van der Waals surface area contributed by atoms with Crippen LogP contribution in [0.1, 0.15) is 15.9 Å². The monoisotopic (exact) mass is 277 g/mol. The lowest BCUT2D eigenvalue weighted by Crippen LogP contribution is -2.15. The molecule has 0 heterocycles. The van der Waals surface area contributed by atoms with E-state index in [0.717, 1.165) is 6.07 Å². The zero-order valence-corrected chi connectivity index (χ0v) is 11.0. The minimum Gasteiger partial charge on any atom is -0.497 e. The third kappa shape index (κ3) is 2.77. The smallest absolute Gasteiger partial charge is 0.258 e. The Kier molecular flexibility index (Phi) is 3.98. The molecule has 0 aliphatic heterocycles. The molecule has 0 atom stereocenters. The number of para-hydroxylation sites is 1. The minimum atomic E-state index is -0.726. The average Bonchev–Trinajstić information content (AvgIpc) is 2.42. The van der Waals surface area contributed by atoms with Crippen LogP contribution in [0.2, 0.25) is 0 Å². The van der Waals surface area contributed by atoms with Crippen LogP contribution in [0.5, 0.6) is 5.75 Å². The number of hydrogen-bond acceptors (Lipinski definition) is 2.